The fourth-order valence-corrected chi connectivity index (χ4v) is 3.32. The number of hydrogen-bond acceptors (Lipinski definition) is 4. The van der Waals surface area contributed by atoms with Crippen LogP contribution in [0.4, 0.5) is 0 Å². The molecule has 5 heteroatoms. The topological polar surface area (TPSA) is 24.5 Å². The van der Waals surface area contributed by atoms with Gasteiger partial charge in [0.1, 0.15) is 0 Å². The van der Waals surface area contributed by atoms with Crippen LogP contribution in [0.1, 0.15) is 17.7 Å². The largest absolute Gasteiger partial charge is 0.381 e. The van der Waals surface area contributed by atoms with Crippen LogP contribution >= 0.6 is 22.9 Å². The molecular formula is C13H21ClN2OS. The summed E-state index contributed by atoms with van der Waals surface area (Å²) in [6.45, 7) is 5.39. The van der Waals surface area contributed by atoms with Crippen molar-refractivity contribution in [1.82, 2.24) is 10.2 Å². The van der Waals surface area contributed by atoms with E-state index >= 15 is 0 Å². The van der Waals surface area contributed by atoms with Crippen LogP contribution in [0.5, 0.6) is 0 Å². The Hall–Kier alpha value is -0.130. The number of ether oxygens (including phenoxy) is 1. The number of hydrogen-bond donors (Lipinski definition) is 1. The molecule has 0 bridgehead atoms. The van der Waals surface area contributed by atoms with E-state index in [0.717, 1.165) is 49.9 Å². The van der Waals surface area contributed by atoms with Crippen molar-refractivity contribution in [3.05, 3.63) is 21.3 Å². The molecular weight excluding hydrogens is 268 g/mol. The van der Waals surface area contributed by atoms with Crippen molar-refractivity contribution >= 4 is 22.9 Å². The van der Waals surface area contributed by atoms with Gasteiger partial charge in [-0.15, -0.1) is 11.3 Å². The van der Waals surface area contributed by atoms with Crippen molar-refractivity contribution < 1.29 is 4.74 Å². The Morgan fingerprint density at radius 2 is 2.22 bits per heavy atom. The predicted octanol–water partition coefficient (Wildman–Crippen LogP) is 2.60. The van der Waals surface area contributed by atoms with Gasteiger partial charge in [0.05, 0.1) is 10.4 Å². The first-order valence-electron chi connectivity index (χ1n) is 6.48. The van der Waals surface area contributed by atoms with Crippen LogP contribution in [0.15, 0.2) is 12.1 Å². The monoisotopic (exact) mass is 288 g/mol. The van der Waals surface area contributed by atoms with Crippen molar-refractivity contribution in [3.8, 4) is 0 Å². The molecule has 0 radical (unpaired) electrons. The normalized spacial score (nSPS) is 18.3. The summed E-state index contributed by atoms with van der Waals surface area (Å²) in [6, 6.07) is 4.04. The number of halogens is 1. The second kappa shape index (κ2) is 7.46. The van der Waals surface area contributed by atoms with Crippen LogP contribution in [0.2, 0.25) is 4.34 Å². The number of rotatable bonds is 6. The molecule has 1 aromatic heterocycles. The zero-order valence-corrected chi connectivity index (χ0v) is 12.4. The minimum Gasteiger partial charge on any atom is -0.381 e. The summed E-state index contributed by atoms with van der Waals surface area (Å²) < 4.78 is 6.24. The second-order valence-corrected chi connectivity index (χ2v) is 6.46. The number of methoxy groups -OCH3 is 1. The SMILES string of the molecule is COC1CCN(CCNCc2ccc(Cl)s2)CC1. The highest BCUT2D eigenvalue weighted by molar-refractivity contribution is 7.16. The zero-order valence-electron chi connectivity index (χ0n) is 10.8. The first-order valence-corrected chi connectivity index (χ1v) is 7.67. The quantitative estimate of drug-likeness (QED) is 0.815. The Morgan fingerprint density at radius 3 is 2.83 bits per heavy atom. The molecule has 0 unspecified atom stereocenters. The Balaban J connectivity index is 1.56. The summed E-state index contributed by atoms with van der Waals surface area (Å²) in [5.41, 5.74) is 0. The summed E-state index contributed by atoms with van der Waals surface area (Å²) >= 11 is 7.54. The molecule has 0 amide bonds. The molecule has 2 heterocycles. The number of thiophene rings is 1. The van der Waals surface area contributed by atoms with Crippen LogP contribution in [0, 0.1) is 0 Å². The molecule has 102 valence electrons. The van der Waals surface area contributed by atoms with Crippen LogP contribution in [0.25, 0.3) is 0 Å². The van der Waals surface area contributed by atoms with E-state index in [0.29, 0.717) is 6.10 Å². The molecule has 1 saturated heterocycles. The minimum atomic E-state index is 0.475. The van der Waals surface area contributed by atoms with Gasteiger partial charge in [0, 0.05) is 44.7 Å². The highest BCUT2D eigenvalue weighted by atomic mass is 35.5. The summed E-state index contributed by atoms with van der Waals surface area (Å²) in [5.74, 6) is 0. The lowest BCUT2D eigenvalue weighted by Crippen LogP contribution is -2.40. The lowest BCUT2D eigenvalue weighted by molar-refractivity contribution is 0.0415. The van der Waals surface area contributed by atoms with Crippen LogP contribution in [0.3, 0.4) is 0 Å². The highest BCUT2D eigenvalue weighted by Gasteiger charge is 2.17. The second-order valence-electron chi connectivity index (χ2n) is 4.66. The average molecular weight is 289 g/mol. The summed E-state index contributed by atoms with van der Waals surface area (Å²) in [4.78, 5) is 3.81. The van der Waals surface area contributed by atoms with E-state index in [-0.39, 0.29) is 0 Å². The molecule has 2 rings (SSSR count). The van der Waals surface area contributed by atoms with Crippen molar-refractivity contribution in [2.24, 2.45) is 0 Å². The number of piperidine rings is 1. The van der Waals surface area contributed by atoms with Gasteiger partial charge in [0.25, 0.3) is 0 Å². The first kappa shape index (κ1) is 14.3. The molecule has 1 aromatic rings. The van der Waals surface area contributed by atoms with Crippen LogP contribution in [-0.4, -0.2) is 44.3 Å². The summed E-state index contributed by atoms with van der Waals surface area (Å²) in [5, 5.41) is 3.47. The molecule has 0 saturated carbocycles. The van der Waals surface area contributed by atoms with Crippen molar-refractivity contribution in [3.63, 3.8) is 0 Å². The molecule has 0 atom stereocenters. The lowest BCUT2D eigenvalue weighted by atomic mass is 10.1. The maximum Gasteiger partial charge on any atom is 0.0931 e. The van der Waals surface area contributed by atoms with Gasteiger partial charge in [0.15, 0.2) is 0 Å². The fourth-order valence-electron chi connectivity index (χ4n) is 2.26. The van der Waals surface area contributed by atoms with Gasteiger partial charge in [-0.1, -0.05) is 11.6 Å². The third kappa shape index (κ3) is 4.52. The van der Waals surface area contributed by atoms with Crippen molar-refractivity contribution in [2.45, 2.75) is 25.5 Å². The molecule has 0 aromatic carbocycles. The maximum absolute atomic E-state index is 5.89. The Kier molecular flexibility index (Phi) is 5.92. The minimum absolute atomic E-state index is 0.475. The summed E-state index contributed by atoms with van der Waals surface area (Å²) in [6.07, 6.45) is 2.80. The highest BCUT2D eigenvalue weighted by Crippen LogP contribution is 2.20. The molecule has 0 spiro atoms. The van der Waals surface area contributed by atoms with Gasteiger partial charge in [-0.25, -0.2) is 0 Å². The van der Waals surface area contributed by atoms with E-state index in [2.05, 4.69) is 16.3 Å². The lowest BCUT2D eigenvalue weighted by Gasteiger charge is -2.31. The van der Waals surface area contributed by atoms with Gasteiger partial charge in [-0.2, -0.15) is 0 Å². The van der Waals surface area contributed by atoms with Gasteiger partial charge in [0.2, 0.25) is 0 Å². The van der Waals surface area contributed by atoms with E-state index < -0.39 is 0 Å². The van der Waals surface area contributed by atoms with E-state index in [9.17, 15) is 0 Å². The third-order valence-electron chi connectivity index (χ3n) is 3.40. The maximum atomic E-state index is 5.89. The molecule has 3 nitrogen and oxygen atoms in total. The smallest absolute Gasteiger partial charge is 0.0931 e. The molecule has 18 heavy (non-hydrogen) atoms. The van der Waals surface area contributed by atoms with E-state index in [1.165, 1.54) is 4.88 Å². The summed E-state index contributed by atoms with van der Waals surface area (Å²) in [7, 11) is 1.81. The third-order valence-corrected chi connectivity index (χ3v) is 4.63. The van der Waals surface area contributed by atoms with Crippen molar-refractivity contribution in [1.29, 1.82) is 0 Å². The van der Waals surface area contributed by atoms with E-state index in [1.807, 2.05) is 13.2 Å². The van der Waals surface area contributed by atoms with Gasteiger partial charge in [-0.05, 0) is 25.0 Å². The van der Waals surface area contributed by atoms with Gasteiger partial charge in [-0.3, -0.25) is 0 Å². The molecule has 1 aliphatic heterocycles. The Bertz CT molecular complexity index is 351. The van der Waals surface area contributed by atoms with Crippen LogP contribution < -0.4 is 5.32 Å². The van der Waals surface area contributed by atoms with E-state index in [1.54, 1.807) is 11.3 Å². The fraction of sp³-hybridized carbons (Fsp3) is 0.692. The van der Waals surface area contributed by atoms with Gasteiger partial charge < -0.3 is 15.0 Å². The Morgan fingerprint density at radius 1 is 1.44 bits per heavy atom. The van der Waals surface area contributed by atoms with Gasteiger partial charge >= 0.3 is 0 Å². The Labute approximate surface area is 118 Å². The average Bonchev–Trinajstić information content (AvgIpc) is 2.81. The van der Waals surface area contributed by atoms with Crippen molar-refractivity contribution in [2.75, 3.05) is 33.3 Å². The molecule has 1 fully saturated rings. The first-order chi connectivity index (χ1) is 8.78. The molecule has 0 aliphatic carbocycles. The number of likely N-dealkylation sites (tertiary alicyclic amines) is 1. The molecule has 1 aliphatic rings. The van der Waals surface area contributed by atoms with E-state index in [4.69, 9.17) is 16.3 Å². The predicted molar refractivity (Wildman–Crippen MR) is 77.5 cm³/mol. The number of nitrogens with one attached hydrogen (secondary N) is 1. The van der Waals surface area contributed by atoms with Crippen LogP contribution in [-0.2, 0) is 11.3 Å². The number of nitrogens with zero attached hydrogens (tertiary/aromatic N) is 1. The molecule has 1 N–H and O–H groups in total. The standard InChI is InChI=1S/C13H21ClN2OS/c1-17-11-4-7-16(8-5-11)9-6-15-10-12-2-3-13(14)18-12/h2-3,11,15H,4-10H2,1H3. The zero-order chi connectivity index (χ0) is 12.8.